The second-order valence-electron chi connectivity index (χ2n) is 2.45. The third kappa shape index (κ3) is 1.69. The molecule has 0 saturated carbocycles. The molecule has 2 aromatic rings. The average Bonchev–Trinajstić information content (AvgIpc) is 2.53. The molecule has 13 heavy (non-hydrogen) atoms. The molecule has 0 N–H and O–H groups in total. The molecule has 1 aromatic heterocycles. The molecule has 2 rings (SSSR count). The second-order valence-corrected chi connectivity index (χ2v) is 3.23. The summed E-state index contributed by atoms with van der Waals surface area (Å²) in [6, 6.07) is 7.30. The van der Waals surface area contributed by atoms with E-state index in [4.69, 9.17) is 27.6 Å². The predicted molar refractivity (Wildman–Crippen MR) is 52.0 cm³/mol. The molecule has 0 fully saturated rings. The van der Waals surface area contributed by atoms with E-state index in [1.807, 2.05) is 18.2 Å². The summed E-state index contributed by atoms with van der Waals surface area (Å²) < 4.78 is 5.12. The molecule has 0 aliphatic heterocycles. The van der Waals surface area contributed by atoms with Gasteiger partial charge in [0.15, 0.2) is 0 Å². The molecule has 66 valence electrons. The summed E-state index contributed by atoms with van der Waals surface area (Å²) in [5.41, 5.74) is 0.746. The summed E-state index contributed by atoms with van der Waals surface area (Å²) >= 11 is 11.5. The van der Waals surface area contributed by atoms with Crippen molar-refractivity contribution in [3.05, 3.63) is 40.7 Å². The first-order chi connectivity index (χ1) is 6.27. The van der Waals surface area contributed by atoms with Crippen LogP contribution < -0.4 is 0 Å². The van der Waals surface area contributed by atoms with Gasteiger partial charge in [0.1, 0.15) is 0 Å². The molecule has 0 atom stereocenters. The molecule has 2 nitrogen and oxygen atoms in total. The Morgan fingerprint density at radius 3 is 2.54 bits per heavy atom. The first-order valence-corrected chi connectivity index (χ1v) is 4.39. The molecule has 0 aliphatic rings. The lowest BCUT2D eigenvalue weighted by molar-refractivity contribution is 0.576. The molecule has 0 radical (unpaired) electrons. The zero-order chi connectivity index (χ0) is 9.26. The molecule has 0 bridgehead atoms. The summed E-state index contributed by atoms with van der Waals surface area (Å²) in [5, 5.41) is 0.857. The van der Waals surface area contributed by atoms with Crippen molar-refractivity contribution in [1.29, 1.82) is 0 Å². The second kappa shape index (κ2) is 3.40. The first-order valence-electron chi connectivity index (χ1n) is 3.63. The minimum Gasteiger partial charge on any atom is -0.425 e. The lowest BCUT2D eigenvalue weighted by Crippen LogP contribution is -1.77. The van der Waals surface area contributed by atoms with Gasteiger partial charge in [-0.2, -0.15) is 0 Å². The van der Waals surface area contributed by atoms with Crippen molar-refractivity contribution >= 4 is 23.2 Å². The molecule has 0 aliphatic carbocycles. The first kappa shape index (κ1) is 8.60. The lowest BCUT2D eigenvalue weighted by Gasteiger charge is -1.96. The van der Waals surface area contributed by atoms with Crippen LogP contribution in [-0.4, -0.2) is 4.98 Å². The van der Waals surface area contributed by atoms with Crippen LogP contribution in [0.2, 0.25) is 10.2 Å². The lowest BCUT2D eigenvalue weighted by atomic mass is 10.2. The van der Waals surface area contributed by atoms with E-state index >= 15 is 0 Å². The SMILES string of the molecule is Clc1cnc(-c2ccccc2Cl)o1. The Morgan fingerprint density at radius 1 is 1.15 bits per heavy atom. The van der Waals surface area contributed by atoms with Crippen molar-refractivity contribution in [2.45, 2.75) is 0 Å². The fourth-order valence-electron chi connectivity index (χ4n) is 1.01. The summed E-state index contributed by atoms with van der Waals surface area (Å²) in [6.45, 7) is 0. The monoisotopic (exact) mass is 213 g/mol. The number of aromatic nitrogens is 1. The van der Waals surface area contributed by atoms with E-state index in [1.165, 1.54) is 6.20 Å². The molecular formula is C9H5Cl2NO. The number of hydrogen-bond acceptors (Lipinski definition) is 2. The van der Waals surface area contributed by atoms with Gasteiger partial charge in [-0.1, -0.05) is 23.7 Å². The maximum Gasteiger partial charge on any atom is 0.229 e. The number of halogens is 2. The Kier molecular flexibility index (Phi) is 2.25. The van der Waals surface area contributed by atoms with E-state index in [1.54, 1.807) is 6.07 Å². The van der Waals surface area contributed by atoms with Crippen molar-refractivity contribution in [2.75, 3.05) is 0 Å². The van der Waals surface area contributed by atoms with Gasteiger partial charge in [0.2, 0.25) is 11.1 Å². The highest BCUT2D eigenvalue weighted by Crippen LogP contribution is 2.27. The van der Waals surface area contributed by atoms with Crippen LogP contribution in [0, 0.1) is 0 Å². The molecule has 1 aromatic carbocycles. The summed E-state index contributed by atoms with van der Waals surface area (Å²) in [7, 11) is 0. The Hall–Kier alpha value is -0.990. The van der Waals surface area contributed by atoms with Crippen molar-refractivity contribution in [2.24, 2.45) is 0 Å². The largest absolute Gasteiger partial charge is 0.425 e. The van der Waals surface area contributed by atoms with E-state index < -0.39 is 0 Å². The highest BCUT2D eigenvalue weighted by Gasteiger charge is 2.07. The smallest absolute Gasteiger partial charge is 0.229 e. The highest BCUT2D eigenvalue weighted by atomic mass is 35.5. The van der Waals surface area contributed by atoms with E-state index in [9.17, 15) is 0 Å². The van der Waals surface area contributed by atoms with Crippen LogP contribution in [0.3, 0.4) is 0 Å². The minimum atomic E-state index is 0.259. The van der Waals surface area contributed by atoms with Gasteiger partial charge in [-0.05, 0) is 23.7 Å². The number of hydrogen-bond donors (Lipinski definition) is 0. The Bertz CT molecular complexity index is 425. The van der Waals surface area contributed by atoms with Crippen molar-refractivity contribution in [1.82, 2.24) is 4.98 Å². The number of benzene rings is 1. The van der Waals surface area contributed by atoms with Crippen molar-refractivity contribution in [3.63, 3.8) is 0 Å². The van der Waals surface area contributed by atoms with E-state index in [0.29, 0.717) is 10.9 Å². The Balaban J connectivity index is 2.52. The van der Waals surface area contributed by atoms with Crippen LogP contribution in [0.15, 0.2) is 34.9 Å². The van der Waals surface area contributed by atoms with Crippen LogP contribution in [0.1, 0.15) is 0 Å². The number of nitrogens with zero attached hydrogens (tertiary/aromatic N) is 1. The van der Waals surface area contributed by atoms with Gasteiger partial charge < -0.3 is 4.42 Å². The molecule has 1 heterocycles. The van der Waals surface area contributed by atoms with Gasteiger partial charge in [-0.15, -0.1) is 0 Å². The van der Waals surface area contributed by atoms with E-state index in [0.717, 1.165) is 5.56 Å². The van der Waals surface area contributed by atoms with Crippen LogP contribution >= 0.6 is 23.2 Å². The Labute approximate surface area is 85.1 Å². The van der Waals surface area contributed by atoms with Crippen LogP contribution in [0.25, 0.3) is 11.5 Å². The summed E-state index contributed by atoms with van der Waals surface area (Å²) in [6.07, 6.45) is 1.44. The fourth-order valence-corrected chi connectivity index (χ4v) is 1.35. The zero-order valence-corrected chi connectivity index (χ0v) is 8.01. The van der Waals surface area contributed by atoms with Crippen molar-refractivity contribution in [3.8, 4) is 11.5 Å². The van der Waals surface area contributed by atoms with E-state index in [-0.39, 0.29) is 5.22 Å². The third-order valence-electron chi connectivity index (χ3n) is 1.58. The predicted octanol–water partition coefficient (Wildman–Crippen LogP) is 3.65. The number of oxazole rings is 1. The maximum absolute atomic E-state index is 5.92. The summed E-state index contributed by atoms with van der Waals surface area (Å²) in [4.78, 5) is 3.96. The quantitative estimate of drug-likeness (QED) is 0.723. The van der Waals surface area contributed by atoms with Gasteiger partial charge in [-0.25, -0.2) is 4.98 Å². The topological polar surface area (TPSA) is 26.0 Å². The molecule has 0 saturated heterocycles. The fraction of sp³-hybridized carbons (Fsp3) is 0. The third-order valence-corrected chi connectivity index (χ3v) is 2.09. The van der Waals surface area contributed by atoms with Gasteiger partial charge in [0, 0.05) is 0 Å². The summed E-state index contributed by atoms with van der Waals surface area (Å²) in [5.74, 6) is 0.440. The normalized spacial score (nSPS) is 10.3. The highest BCUT2D eigenvalue weighted by molar-refractivity contribution is 6.33. The van der Waals surface area contributed by atoms with Gasteiger partial charge in [-0.3, -0.25) is 0 Å². The molecule has 0 amide bonds. The molecule has 0 unspecified atom stereocenters. The van der Waals surface area contributed by atoms with Crippen LogP contribution in [-0.2, 0) is 0 Å². The molecule has 0 spiro atoms. The molecule has 4 heteroatoms. The maximum atomic E-state index is 5.92. The van der Waals surface area contributed by atoms with Crippen LogP contribution in [0.5, 0.6) is 0 Å². The number of rotatable bonds is 1. The van der Waals surface area contributed by atoms with Gasteiger partial charge >= 0.3 is 0 Å². The average molecular weight is 214 g/mol. The van der Waals surface area contributed by atoms with Crippen LogP contribution in [0.4, 0.5) is 0 Å². The standard InChI is InChI=1S/C9H5Cl2NO/c10-7-4-2-1-3-6(7)9-12-5-8(11)13-9/h1-5H. The zero-order valence-electron chi connectivity index (χ0n) is 6.50. The van der Waals surface area contributed by atoms with Gasteiger partial charge in [0.05, 0.1) is 16.8 Å². The minimum absolute atomic E-state index is 0.259. The van der Waals surface area contributed by atoms with Gasteiger partial charge in [0.25, 0.3) is 0 Å². The van der Waals surface area contributed by atoms with Crippen molar-refractivity contribution < 1.29 is 4.42 Å². The molecular weight excluding hydrogens is 209 g/mol. The Morgan fingerprint density at radius 2 is 1.92 bits per heavy atom. The van der Waals surface area contributed by atoms with E-state index in [2.05, 4.69) is 4.98 Å².